The van der Waals surface area contributed by atoms with Crippen LogP contribution in [0.4, 0.5) is 4.39 Å². The van der Waals surface area contributed by atoms with Crippen molar-refractivity contribution in [1.82, 2.24) is 9.78 Å². The van der Waals surface area contributed by atoms with E-state index in [1.165, 1.54) is 17.7 Å². The van der Waals surface area contributed by atoms with Gasteiger partial charge in [0, 0.05) is 34.5 Å². The summed E-state index contributed by atoms with van der Waals surface area (Å²) in [6, 6.07) is 26.7. The molecule has 31 heavy (non-hydrogen) atoms. The fourth-order valence-corrected chi connectivity index (χ4v) is 3.91. The van der Waals surface area contributed by atoms with Crippen molar-refractivity contribution >= 4 is 22.5 Å². The molecule has 0 N–H and O–H groups in total. The average Bonchev–Trinajstić information content (AvgIpc) is 3.18. The van der Waals surface area contributed by atoms with Crippen LogP contribution in [0, 0.1) is 5.82 Å². The summed E-state index contributed by atoms with van der Waals surface area (Å²) in [7, 11) is 0. The number of fused-ring (bicyclic) bond motifs is 1. The van der Waals surface area contributed by atoms with E-state index in [2.05, 4.69) is 53.4 Å². The summed E-state index contributed by atoms with van der Waals surface area (Å²) in [6.45, 7) is 0.907. The molecule has 0 saturated heterocycles. The molecule has 3 aromatic carbocycles. The molecule has 5 aromatic rings. The molecule has 2 heterocycles. The normalized spacial score (nSPS) is 11.2. The minimum absolute atomic E-state index is 0.276. The highest BCUT2D eigenvalue weighted by Crippen LogP contribution is 2.31. The van der Waals surface area contributed by atoms with Crippen LogP contribution in [0.25, 0.3) is 27.8 Å². The zero-order valence-corrected chi connectivity index (χ0v) is 17.5. The van der Waals surface area contributed by atoms with E-state index in [0.29, 0.717) is 5.02 Å². The summed E-state index contributed by atoms with van der Waals surface area (Å²) >= 11 is 6.26. The first-order valence-corrected chi connectivity index (χ1v) is 10.5. The molecule has 0 aliphatic heterocycles. The van der Waals surface area contributed by atoms with Crippen LogP contribution in [-0.4, -0.2) is 9.78 Å². The Morgan fingerprint density at radius 3 is 2.35 bits per heavy atom. The first-order valence-electron chi connectivity index (χ1n) is 10.1. The van der Waals surface area contributed by atoms with Gasteiger partial charge in [0.2, 0.25) is 0 Å². The van der Waals surface area contributed by atoms with Crippen LogP contribution in [0.1, 0.15) is 5.56 Å². The second-order valence-corrected chi connectivity index (χ2v) is 7.89. The van der Waals surface area contributed by atoms with E-state index < -0.39 is 0 Å². The first kappa shape index (κ1) is 19.5. The summed E-state index contributed by atoms with van der Waals surface area (Å²) in [4.78, 5) is 0. The van der Waals surface area contributed by atoms with Crippen molar-refractivity contribution < 1.29 is 8.96 Å². The smallest absolute Gasteiger partial charge is 0.169 e. The van der Waals surface area contributed by atoms with E-state index in [1.807, 2.05) is 28.9 Å². The van der Waals surface area contributed by atoms with Crippen molar-refractivity contribution in [2.45, 2.75) is 13.0 Å². The monoisotopic (exact) mass is 428 g/mol. The number of aryl methyl sites for hydroxylation is 2. The molecule has 3 nitrogen and oxygen atoms in total. The standard InChI is InChI=1S/C26H20ClFN3/c27-21-6-11-24-25(18-21)31(23-9-7-22(28)8-10-23)29-26(24)20-13-16-30(17-14-20)15-12-19-4-2-1-3-5-19/h1-11,13-14,16-18H,12,15H2/q+1. The predicted molar refractivity (Wildman–Crippen MR) is 122 cm³/mol. The summed E-state index contributed by atoms with van der Waals surface area (Å²) in [6.07, 6.45) is 5.14. The Labute approximate surface area is 185 Å². The highest BCUT2D eigenvalue weighted by atomic mass is 35.5. The molecule has 0 atom stereocenters. The van der Waals surface area contributed by atoms with Crippen molar-refractivity contribution in [3.05, 3.63) is 114 Å². The number of halogens is 2. The van der Waals surface area contributed by atoms with E-state index in [9.17, 15) is 4.39 Å². The predicted octanol–water partition coefficient (Wildman–Crippen LogP) is 6.02. The number of pyridine rings is 1. The van der Waals surface area contributed by atoms with Crippen LogP contribution >= 0.6 is 11.6 Å². The Balaban J connectivity index is 1.49. The zero-order valence-electron chi connectivity index (χ0n) is 16.7. The molecule has 0 saturated carbocycles. The number of nitrogens with zero attached hydrogens (tertiary/aromatic N) is 3. The minimum Gasteiger partial charge on any atom is -0.232 e. The van der Waals surface area contributed by atoms with Crippen LogP contribution in [0.2, 0.25) is 5.02 Å². The zero-order chi connectivity index (χ0) is 21.2. The molecular weight excluding hydrogens is 409 g/mol. The molecule has 0 radical (unpaired) electrons. The van der Waals surface area contributed by atoms with Gasteiger partial charge in [0.05, 0.1) is 11.2 Å². The molecule has 0 unspecified atom stereocenters. The van der Waals surface area contributed by atoms with Crippen LogP contribution in [0.5, 0.6) is 0 Å². The average molecular weight is 429 g/mol. The Bertz CT molecular complexity index is 1330. The van der Waals surface area contributed by atoms with Gasteiger partial charge in [-0.25, -0.2) is 13.6 Å². The summed E-state index contributed by atoms with van der Waals surface area (Å²) in [5.41, 5.74) is 4.87. The summed E-state index contributed by atoms with van der Waals surface area (Å²) in [5.74, 6) is -0.276. The van der Waals surface area contributed by atoms with Crippen molar-refractivity contribution in [2.75, 3.05) is 0 Å². The number of aromatic nitrogens is 3. The van der Waals surface area contributed by atoms with Crippen molar-refractivity contribution in [3.63, 3.8) is 0 Å². The van der Waals surface area contributed by atoms with Gasteiger partial charge in [0.25, 0.3) is 0 Å². The second kappa shape index (κ2) is 8.32. The van der Waals surface area contributed by atoms with Gasteiger partial charge in [-0.05, 0) is 48.0 Å². The first-order chi connectivity index (χ1) is 15.2. The lowest BCUT2D eigenvalue weighted by Crippen LogP contribution is -2.33. The third-order valence-corrected chi connectivity index (χ3v) is 5.62. The summed E-state index contributed by atoms with van der Waals surface area (Å²) in [5, 5.41) is 6.48. The van der Waals surface area contributed by atoms with Crippen LogP contribution < -0.4 is 4.57 Å². The van der Waals surface area contributed by atoms with Crippen molar-refractivity contribution in [1.29, 1.82) is 0 Å². The topological polar surface area (TPSA) is 21.7 Å². The van der Waals surface area contributed by atoms with Gasteiger partial charge in [-0.3, -0.25) is 0 Å². The van der Waals surface area contributed by atoms with Crippen LogP contribution in [-0.2, 0) is 13.0 Å². The van der Waals surface area contributed by atoms with Gasteiger partial charge in [-0.15, -0.1) is 0 Å². The molecule has 0 fully saturated rings. The SMILES string of the molecule is Fc1ccc(-n2nc(-c3cc[n+](CCc4ccccc4)cc3)c3ccc(Cl)cc32)cc1. The number of benzene rings is 3. The molecule has 0 aliphatic rings. The van der Waals surface area contributed by atoms with E-state index in [0.717, 1.165) is 40.8 Å². The fraction of sp³-hybridized carbons (Fsp3) is 0.0769. The van der Waals surface area contributed by atoms with E-state index in [4.69, 9.17) is 16.7 Å². The third kappa shape index (κ3) is 4.07. The summed E-state index contributed by atoms with van der Waals surface area (Å²) < 4.78 is 17.4. The molecule has 0 aliphatic carbocycles. The van der Waals surface area contributed by atoms with E-state index >= 15 is 0 Å². The van der Waals surface area contributed by atoms with Crippen molar-refractivity contribution in [3.8, 4) is 16.9 Å². The molecule has 0 amide bonds. The molecule has 5 rings (SSSR count). The quantitative estimate of drug-likeness (QED) is 0.314. The molecule has 152 valence electrons. The van der Waals surface area contributed by atoms with Gasteiger partial charge in [-0.1, -0.05) is 41.9 Å². The van der Waals surface area contributed by atoms with E-state index in [1.54, 1.807) is 12.1 Å². The molecule has 2 aromatic heterocycles. The Morgan fingerprint density at radius 1 is 0.871 bits per heavy atom. The third-order valence-electron chi connectivity index (χ3n) is 5.38. The Hall–Kier alpha value is -3.50. The Kier molecular flexibility index (Phi) is 5.23. The number of hydrogen-bond acceptors (Lipinski definition) is 1. The molecule has 0 spiro atoms. The molecule has 5 heteroatoms. The number of hydrogen-bond donors (Lipinski definition) is 0. The maximum absolute atomic E-state index is 13.4. The Morgan fingerprint density at radius 2 is 1.61 bits per heavy atom. The van der Waals surface area contributed by atoms with Gasteiger partial charge < -0.3 is 0 Å². The fourth-order valence-electron chi connectivity index (χ4n) is 3.75. The highest BCUT2D eigenvalue weighted by Gasteiger charge is 2.15. The van der Waals surface area contributed by atoms with Gasteiger partial charge in [0.1, 0.15) is 11.5 Å². The second-order valence-electron chi connectivity index (χ2n) is 7.46. The lowest BCUT2D eigenvalue weighted by atomic mass is 10.1. The van der Waals surface area contributed by atoms with Gasteiger partial charge in [-0.2, -0.15) is 5.10 Å². The maximum Gasteiger partial charge on any atom is 0.169 e. The molecular formula is C26H20ClFN3+. The lowest BCUT2D eigenvalue weighted by Gasteiger charge is -2.03. The van der Waals surface area contributed by atoms with E-state index in [-0.39, 0.29) is 5.82 Å². The lowest BCUT2D eigenvalue weighted by molar-refractivity contribution is -0.696. The van der Waals surface area contributed by atoms with Gasteiger partial charge in [0.15, 0.2) is 18.9 Å². The number of rotatable bonds is 5. The van der Waals surface area contributed by atoms with Crippen molar-refractivity contribution in [2.24, 2.45) is 0 Å². The van der Waals surface area contributed by atoms with Crippen LogP contribution in [0.15, 0.2) is 97.3 Å². The maximum atomic E-state index is 13.4. The van der Waals surface area contributed by atoms with Gasteiger partial charge >= 0.3 is 0 Å². The largest absolute Gasteiger partial charge is 0.232 e. The minimum atomic E-state index is -0.276. The van der Waals surface area contributed by atoms with Crippen LogP contribution in [0.3, 0.4) is 0 Å². The highest BCUT2D eigenvalue weighted by molar-refractivity contribution is 6.31. The molecule has 0 bridgehead atoms.